The minimum atomic E-state index is -0.901. The van der Waals surface area contributed by atoms with E-state index in [0.29, 0.717) is 41.9 Å². The van der Waals surface area contributed by atoms with Gasteiger partial charge in [0.25, 0.3) is 5.91 Å². The van der Waals surface area contributed by atoms with E-state index in [0.717, 1.165) is 12.1 Å². The molecule has 2 N–H and O–H groups in total. The zero-order valence-corrected chi connectivity index (χ0v) is 18.9. The Morgan fingerprint density at radius 3 is 2.85 bits per heavy atom. The second kappa shape index (κ2) is 8.50. The summed E-state index contributed by atoms with van der Waals surface area (Å²) in [7, 11) is 0. The largest absolute Gasteiger partial charge is 0.344 e. The number of aromatic nitrogens is 5. The van der Waals surface area contributed by atoms with Gasteiger partial charge in [0.05, 0.1) is 35.1 Å². The van der Waals surface area contributed by atoms with E-state index >= 15 is 0 Å². The van der Waals surface area contributed by atoms with Gasteiger partial charge in [-0.05, 0) is 32.8 Å². The molecule has 0 spiro atoms. The first-order valence-electron chi connectivity index (χ1n) is 10.8. The minimum absolute atomic E-state index is 0.270. The minimum Gasteiger partial charge on any atom is -0.344 e. The Morgan fingerprint density at radius 1 is 1.42 bits per heavy atom. The van der Waals surface area contributed by atoms with Crippen molar-refractivity contribution < 1.29 is 9.59 Å². The van der Waals surface area contributed by atoms with E-state index in [1.807, 2.05) is 20.0 Å². The van der Waals surface area contributed by atoms with Crippen LogP contribution in [-0.2, 0) is 11.3 Å². The van der Waals surface area contributed by atoms with Crippen molar-refractivity contribution in [2.24, 2.45) is 5.41 Å². The number of rotatable bonds is 6. The summed E-state index contributed by atoms with van der Waals surface area (Å²) in [6.07, 6.45) is 7.32. The van der Waals surface area contributed by atoms with Crippen LogP contribution >= 0.6 is 0 Å². The standard InChI is InChI=1S/C23H26N8O2/c1-5-31-11-15(8-27-31)17-10-26-20-19(28-17)16(9-25-20)21(32)29-18(14(2)3)22(33)30-7-6-23(4,12-24)13-30/h8-11,18H,2,5-7,13H2,1,3-4H3,(H,25,26)(H,29,32)/t18-,23?/m1/s1. The lowest BCUT2D eigenvalue weighted by Gasteiger charge is -2.25. The number of aromatic amines is 1. The van der Waals surface area contributed by atoms with Gasteiger partial charge in [0, 0.05) is 37.6 Å². The number of nitrogens with zero attached hydrogens (tertiary/aromatic N) is 6. The second-order valence-corrected chi connectivity index (χ2v) is 8.67. The van der Waals surface area contributed by atoms with Crippen molar-refractivity contribution in [3.8, 4) is 17.3 Å². The zero-order chi connectivity index (χ0) is 23.8. The van der Waals surface area contributed by atoms with E-state index in [9.17, 15) is 14.9 Å². The molecule has 10 heteroatoms. The predicted octanol–water partition coefficient (Wildman–Crippen LogP) is 2.28. The summed E-state index contributed by atoms with van der Waals surface area (Å²) in [6.45, 7) is 10.9. The van der Waals surface area contributed by atoms with Crippen molar-refractivity contribution in [2.75, 3.05) is 13.1 Å². The molecule has 0 radical (unpaired) electrons. The lowest BCUT2D eigenvalue weighted by molar-refractivity contribution is -0.131. The SMILES string of the molecule is C=C(C)[C@@H](NC(=O)c1c[nH]c2ncc(-c3cnn(CC)c3)nc12)C(=O)N1CCC(C)(C#N)C1. The van der Waals surface area contributed by atoms with Crippen LogP contribution in [-0.4, -0.2) is 60.6 Å². The number of fused-ring (bicyclic) bond motifs is 1. The number of nitriles is 1. The third kappa shape index (κ3) is 4.22. The molecule has 0 saturated carbocycles. The summed E-state index contributed by atoms with van der Waals surface area (Å²) >= 11 is 0. The number of carbonyl (C=O) groups excluding carboxylic acids is 2. The van der Waals surface area contributed by atoms with Gasteiger partial charge in [0.1, 0.15) is 11.6 Å². The first kappa shape index (κ1) is 22.2. The lowest BCUT2D eigenvalue weighted by atomic mass is 9.92. The van der Waals surface area contributed by atoms with Crippen molar-refractivity contribution in [1.29, 1.82) is 5.26 Å². The molecule has 4 rings (SSSR count). The van der Waals surface area contributed by atoms with Gasteiger partial charge in [0.15, 0.2) is 5.65 Å². The quantitative estimate of drug-likeness (QED) is 0.558. The highest BCUT2D eigenvalue weighted by Gasteiger charge is 2.39. The molecule has 1 fully saturated rings. The van der Waals surface area contributed by atoms with Crippen molar-refractivity contribution in [2.45, 2.75) is 39.8 Å². The average molecular weight is 447 g/mol. The van der Waals surface area contributed by atoms with Crippen LogP contribution in [0.5, 0.6) is 0 Å². The molecule has 1 unspecified atom stereocenters. The van der Waals surface area contributed by atoms with Gasteiger partial charge >= 0.3 is 0 Å². The van der Waals surface area contributed by atoms with E-state index in [2.05, 4.69) is 38.0 Å². The fraction of sp³-hybridized carbons (Fsp3) is 0.391. The number of hydrogen-bond donors (Lipinski definition) is 2. The molecule has 0 aliphatic carbocycles. The zero-order valence-electron chi connectivity index (χ0n) is 18.9. The maximum Gasteiger partial charge on any atom is 0.256 e. The first-order chi connectivity index (χ1) is 15.7. The predicted molar refractivity (Wildman–Crippen MR) is 122 cm³/mol. The Bertz CT molecular complexity index is 1280. The fourth-order valence-electron chi connectivity index (χ4n) is 3.90. The Balaban J connectivity index is 1.58. The normalized spacial score (nSPS) is 18.8. The second-order valence-electron chi connectivity index (χ2n) is 8.67. The number of nitrogens with one attached hydrogen (secondary N) is 2. The molecule has 0 aromatic carbocycles. The molecular formula is C23H26N8O2. The monoisotopic (exact) mass is 446 g/mol. The molecule has 2 amide bonds. The molecule has 3 aromatic heterocycles. The Labute approximate surface area is 191 Å². The average Bonchev–Trinajstić information content (AvgIpc) is 3.54. The lowest BCUT2D eigenvalue weighted by Crippen LogP contribution is -2.48. The smallest absolute Gasteiger partial charge is 0.256 e. The number of carbonyl (C=O) groups is 2. The molecule has 1 aliphatic heterocycles. The fourth-order valence-corrected chi connectivity index (χ4v) is 3.90. The number of hydrogen-bond acceptors (Lipinski definition) is 6. The van der Waals surface area contributed by atoms with Gasteiger partial charge in [-0.3, -0.25) is 14.3 Å². The third-order valence-corrected chi connectivity index (χ3v) is 5.95. The molecule has 10 nitrogen and oxygen atoms in total. The van der Waals surface area contributed by atoms with Crippen molar-refractivity contribution in [1.82, 2.24) is 34.9 Å². The van der Waals surface area contributed by atoms with Crippen LogP contribution in [0.2, 0.25) is 0 Å². The summed E-state index contributed by atoms with van der Waals surface area (Å²) in [6, 6.07) is 1.37. The van der Waals surface area contributed by atoms with E-state index in [-0.39, 0.29) is 11.5 Å². The molecule has 2 atom stereocenters. The molecular weight excluding hydrogens is 420 g/mol. The molecule has 3 aromatic rings. The number of likely N-dealkylation sites (tertiary alicyclic amines) is 1. The number of aryl methyl sites for hydroxylation is 1. The summed E-state index contributed by atoms with van der Waals surface area (Å²) < 4.78 is 1.78. The van der Waals surface area contributed by atoms with Gasteiger partial charge in [-0.2, -0.15) is 10.4 Å². The van der Waals surface area contributed by atoms with Gasteiger partial charge < -0.3 is 15.2 Å². The van der Waals surface area contributed by atoms with Crippen LogP contribution in [0, 0.1) is 16.7 Å². The van der Waals surface area contributed by atoms with Crippen molar-refractivity contribution in [3.63, 3.8) is 0 Å². The molecule has 0 bridgehead atoms. The molecule has 1 aliphatic rings. The third-order valence-electron chi connectivity index (χ3n) is 5.95. The summed E-state index contributed by atoms with van der Waals surface area (Å²) in [5.41, 5.74) is 2.48. The molecule has 1 saturated heterocycles. The van der Waals surface area contributed by atoms with Crippen LogP contribution in [0.4, 0.5) is 0 Å². The van der Waals surface area contributed by atoms with E-state index < -0.39 is 17.4 Å². The maximum atomic E-state index is 13.2. The maximum absolute atomic E-state index is 13.2. The van der Waals surface area contributed by atoms with Crippen LogP contribution < -0.4 is 5.32 Å². The molecule has 33 heavy (non-hydrogen) atoms. The topological polar surface area (TPSA) is 133 Å². The van der Waals surface area contributed by atoms with Gasteiger partial charge in [0.2, 0.25) is 5.91 Å². The highest BCUT2D eigenvalue weighted by molar-refractivity contribution is 6.06. The van der Waals surface area contributed by atoms with Gasteiger partial charge in [-0.25, -0.2) is 9.97 Å². The Morgan fingerprint density at radius 2 is 2.21 bits per heavy atom. The van der Waals surface area contributed by atoms with E-state index in [4.69, 9.17) is 0 Å². The van der Waals surface area contributed by atoms with Crippen LogP contribution in [0.25, 0.3) is 22.4 Å². The van der Waals surface area contributed by atoms with Gasteiger partial charge in [-0.1, -0.05) is 6.58 Å². The Kier molecular flexibility index (Phi) is 5.72. The number of amides is 2. The van der Waals surface area contributed by atoms with Crippen LogP contribution in [0.15, 0.2) is 36.9 Å². The summed E-state index contributed by atoms with van der Waals surface area (Å²) in [5.74, 6) is -0.728. The van der Waals surface area contributed by atoms with Crippen LogP contribution in [0.3, 0.4) is 0 Å². The van der Waals surface area contributed by atoms with Crippen molar-refractivity contribution in [3.05, 3.63) is 42.5 Å². The molecule has 4 heterocycles. The van der Waals surface area contributed by atoms with Crippen LogP contribution in [0.1, 0.15) is 37.6 Å². The highest BCUT2D eigenvalue weighted by Crippen LogP contribution is 2.29. The van der Waals surface area contributed by atoms with Crippen molar-refractivity contribution >= 4 is 23.0 Å². The molecule has 170 valence electrons. The Hall–Kier alpha value is -4.00. The van der Waals surface area contributed by atoms with Gasteiger partial charge in [-0.15, -0.1) is 0 Å². The van der Waals surface area contributed by atoms with E-state index in [1.54, 1.807) is 28.9 Å². The van der Waals surface area contributed by atoms with E-state index in [1.165, 1.54) is 6.20 Å². The first-order valence-corrected chi connectivity index (χ1v) is 10.8. The highest BCUT2D eigenvalue weighted by atomic mass is 16.2. The summed E-state index contributed by atoms with van der Waals surface area (Å²) in [5, 5.41) is 16.4. The number of H-pyrrole nitrogens is 1. The summed E-state index contributed by atoms with van der Waals surface area (Å²) in [4.78, 5) is 39.8.